The molecule has 27 heavy (non-hydrogen) atoms. The lowest BCUT2D eigenvalue weighted by Crippen LogP contribution is -2.37. The first-order chi connectivity index (χ1) is 12.9. The molecule has 150 valence electrons. The monoisotopic (exact) mass is 415 g/mol. The Balaban J connectivity index is 1.89. The molecule has 7 heteroatoms. The van der Waals surface area contributed by atoms with Crippen LogP contribution in [0.3, 0.4) is 0 Å². The van der Waals surface area contributed by atoms with Gasteiger partial charge in [-0.25, -0.2) is 0 Å². The quantitative estimate of drug-likeness (QED) is 0.658. The molecule has 1 aliphatic carbocycles. The zero-order valence-corrected chi connectivity index (χ0v) is 17.3. The molecule has 1 aliphatic heterocycles. The van der Waals surface area contributed by atoms with E-state index in [0.717, 1.165) is 17.7 Å². The summed E-state index contributed by atoms with van der Waals surface area (Å²) in [5.41, 5.74) is -0.740. The number of hydrogen-bond donors (Lipinski definition) is 1. The molecule has 1 heterocycles. The van der Waals surface area contributed by atoms with Crippen molar-refractivity contribution in [1.82, 2.24) is 4.90 Å². The normalized spacial score (nSPS) is 26.1. The van der Waals surface area contributed by atoms with Gasteiger partial charge in [-0.1, -0.05) is 24.6 Å². The summed E-state index contributed by atoms with van der Waals surface area (Å²) in [6.07, 6.45) is 3.24. The molecule has 0 radical (unpaired) electrons. The summed E-state index contributed by atoms with van der Waals surface area (Å²) in [7, 11) is 1.63. The predicted molar refractivity (Wildman–Crippen MR) is 106 cm³/mol. The Morgan fingerprint density at radius 2 is 2.15 bits per heavy atom. The fourth-order valence-corrected chi connectivity index (χ4v) is 4.45. The highest BCUT2D eigenvalue weighted by Crippen LogP contribution is 2.48. The van der Waals surface area contributed by atoms with E-state index < -0.39 is 11.5 Å². The van der Waals surface area contributed by atoms with Crippen molar-refractivity contribution in [3.05, 3.63) is 23.8 Å². The van der Waals surface area contributed by atoms with Gasteiger partial charge in [0.15, 0.2) is 11.5 Å². The van der Waals surface area contributed by atoms with E-state index in [9.17, 15) is 9.90 Å². The maximum Gasteiger partial charge on any atom is 0.267 e. The highest BCUT2D eigenvalue weighted by molar-refractivity contribution is 6.29. The molecular formula is C20H27Cl2NO4. The number of hydrogen-bond acceptors (Lipinski definition) is 4. The number of amides is 1. The van der Waals surface area contributed by atoms with Crippen molar-refractivity contribution in [2.45, 2.75) is 37.7 Å². The number of methoxy groups -OCH3 is 1. The van der Waals surface area contributed by atoms with Crippen LogP contribution < -0.4 is 9.47 Å². The van der Waals surface area contributed by atoms with Gasteiger partial charge in [-0.05, 0) is 42.9 Å². The molecule has 1 saturated carbocycles. The lowest BCUT2D eigenvalue weighted by molar-refractivity contribution is -0.135. The minimum absolute atomic E-state index is 0.0357. The van der Waals surface area contributed by atoms with Gasteiger partial charge in [-0.3, -0.25) is 4.79 Å². The second kappa shape index (κ2) is 8.46. The van der Waals surface area contributed by atoms with E-state index in [2.05, 4.69) is 6.92 Å². The van der Waals surface area contributed by atoms with E-state index >= 15 is 0 Å². The van der Waals surface area contributed by atoms with Crippen LogP contribution in [0.4, 0.5) is 0 Å². The average Bonchev–Trinajstić information content (AvgIpc) is 3.43. The molecule has 1 amide bonds. The van der Waals surface area contributed by atoms with Crippen LogP contribution >= 0.6 is 23.2 Å². The number of carbonyl (C=O) groups is 1. The minimum Gasteiger partial charge on any atom is -0.493 e. The zero-order chi connectivity index (χ0) is 19.6. The summed E-state index contributed by atoms with van der Waals surface area (Å²) in [5, 5.41) is 9.50. The third-order valence-corrected chi connectivity index (χ3v) is 6.61. The van der Waals surface area contributed by atoms with Crippen LogP contribution in [0.1, 0.15) is 37.7 Å². The van der Waals surface area contributed by atoms with Gasteiger partial charge in [0.25, 0.3) is 5.91 Å². The van der Waals surface area contributed by atoms with Crippen molar-refractivity contribution < 1.29 is 19.4 Å². The number of aliphatic hydroxyl groups is 1. The van der Waals surface area contributed by atoms with Crippen LogP contribution in [0.5, 0.6) is 11.5 Å². The number of carbonyl (C=O) groups excluding carboxylic acids is 1. The summed E-state index contributed by atoms with van der Waals surface area (Å²) >= 11 is 12.0. The SMILES string of the molecule is CC[C@@]1(CCl)CN(C(=O)[C@@H](O)Cl)C[C@H]1c1ccc(OC)c(OCC2CC2)c1. The molecule has 0 unspecified atom stereocenters. The van der Waals surface area contributed by atoms with Crippen LogP contribution in [-0.4, -0.2) is 54.2 Å². The lowest BCUT2D eigenvalue weighted by Gasteiger charge is -2.32. The summed E-state index contributed by atoms with van der Waals surface area (Å²) < 4.78 is 11.4. The fourth-order valence-electron chi connectivity index (χ4n) is 3.85. The van der Waals surface area contributed by atoms with Gasteiger partial charge >= 0.3 is 0 Å². The van der Waals surface area contributed by atoms with Crippen LogP contribution in [0.25, 0.3) is 0 Å². The second-order valence-corrected chi connectivity index (χ2v) is 8.30. The number of nitrogens with zero attached hydrogens (tertiary/aromatic N) is 1. The topological polar surface area (TPSA) is 59.0 Å². The van der Waals surface area contributed by atoms with Crippen molar-refractivity contribution in [3.63, 3.8) is 0 Å². The van der Waals surface area contributed by atoms with Crippen LogP contribution in [-0.2, 0) is 4.79 Å². The van der Waals surface area contributed by atoms with Gasteiger partial charge in [-0.15, -0.1) is 11.6 Å². The fraction of sp³-hybridized carbons (Fsp3) is 0.650. The van der Waals surface area contributed by atoms with E-state index in [4.69, 9.17) is 32.7 Å². The Bertz CT molecular complexity index is 674. The smallest absolute Gasteiger partial charge is 0.267 e. The second-order valence-electron chi connectivity index (χ2n) is 7.62. The Kier molecular flexibility index (Phi) is 6.44. The number of aliphatic hydroxyl groups excluding tert-OH is 1. The minimum atomic E-state index is -1.53. The molecule has 0 spiro atoms. The van der Waals surface area contributed by atoms with Crippen molar-refractivity contribution >= 4 is 29.1 Å². The van der Waals surface area contributed by atoms with E-state index in [1.165, 1.54) is 12.8 Å². The maximum absolute atomic E-state index is 12.2. The number of likely N-dealkylation sites (tertiary alicyclic amines) is 1. The molecule has 3 rings (SSSR count). The molecular weight excluding hydrogens is 389 g/mol. The molecule has 1 aromatic rings. The standard InChI is InChI=1S/C20H27Cl2NO4/c1-3-20(11-21)12-23(19(25)18(22)24)9-15(20)14-6-7-16(26-2)17(8-14)27-10-13-4-5-13/h6-8,13,15,18,24H,3-5,9-12H2,1-2H3/t15-,18+,20+/m0/s1. The number of rotatable bonds is 8. The molecule has 0 bridgehead atoms. The molecule has 3 atom stereocenters. The zero-order valence-electron chi connectivity index (χ0n) is 15.8. The van der Waals surface area contributed by atoms with E-state index in [1.807, 2.05) is 18.2 Å². The summed E-state index contributed by atoms with van der Waals surface area (Å²) in [5.74, 6) is 2.05. The highest BCUT2D eigenvalue weighted by atomic mass is 35.5. The van der Waals surface area contributed by atoms with Gasteiger partial charge in [0.05, 0.1) is 13.7 Å². The highest BCUT2D eigenvalue weighted by Gasteiger charge is 2.47. The van der Waals surface area contributed by atoms with Crippen LogP contribution in [0, 0.1) is 11.3 Å². The number of benzene rings is 1. The van der Waals surface area contributed by atoms with E-state index in [0.29, 0.717) is 37.2 Å². The van der Waals surface area contributed by atoms with Crippen molar-refractivity contribution in [2.75, 3.05) is 32.7 Å². The average molecular weight is 416 g/mol. The molecule has 2 fully saturated rings. The third kappa shape index (κ3) is 4.30. The van der Waals surface area contributed by atoms with Crippen LogP contribution in [0.2, 0.25) is 0 Å². The molecule has 1 aromatic carbocycles. The summed E-state index contributed by atoms with van der Waals surface area (Å²) in [4.78, 5) is 13.9. The third-order valence-electron chi connectivity index (χ3n) is 5.90. The van der Waals surface area contributed by atoms with E-state index in [-0.39, 0.29) is 11.3 Å². The Morgan fingerprint density at radius 3 is 2.70 bits per heavy atom. The molecule has 1 N–H and O–H groups in total. The summed E-state index contributed by atoms with van der Waals surface area (Å²) in [6.45, 7) is 3.72. The molecule has 0 aromatic heterocycles. The van der Waals surface area contributed by atoms with Crippen LogP contribution in [0.15, 0.2) is 18.2 Å². The lowest BCUT2D eigenvalue weighted by atomic mass is 9.74. The Hall–Kier alpha value is -1.17. The van der Waals surface area contributed by atoms with Crippen molar-refractivity contribution in [3.8, 4) is 11.5 Å². The molecule has 1 saturated heterocycles. The predicted octanol–water partition coefficient (Wildman–Crippen LogP) is 3.60. The number of ether oxygens (including phenoxy) is 2. The summed E-state index contributed by atoms with van der Waals surface area (Å²) in [6, 6.07) is 5.93. The Labute approximate surface area is 170 Å². The Morgan fingerprint density at radius 1 is 1.41 bits per heavy atom. The van der Waals surface area contributed by atoms with Crippen molar-refractivity contribution in [1.29, 1.82) is 0 Å². The van der Waals surface area contributed by atoms with E-state index in [1.54, 1.807) is 12.0 Å². The van der Waals surface area contributed by atoms with Gasteiger partial charge in [0.1, 0.15) is 0 Å². The first kappa shape index (κ1) is 20.6. The first-order valence-electron chi connectivity index (χ1n) is 9.41. The van der Waals surface area contributed by atoms with Gasteiger partial charge < -0.3 is 19.5 Å². The van der Waals surface area contributed by atoms with Gasteiger partial charge in [0, 0.05) is 30.3 Å². The van der Waals surface area contributed by atoms with Gasteiger partial charge in [-0.2, -0.15) is 0 Å². The molecule has 5 nitrogen and oxygen atoms in total. The van der Waals surface area contributed by atoms with Gasteiger partial charge in [0.2, 0.25) is 5.56 Å². The first-order valence-corrected chi connectivity index (χ1v) is 10.4. The maximum atomic E-state index is 12.2. The number of alkyl halides is 2. The largest absolute Gasteiger partial charge is 0.493 e. The molecule has 2 aliphatic rings. The number of halogens is 2. The van der Waals surface area contributed by atoms with Crippen molar-refractivity contribution in [2.24, 2.45) is 11.3 Å².